The third-order valence-electron chi connectivity index (χ3n) is 3.25. The summed E-state index contributed by atoms with van der Waals surface area (Å²) < 4.78 is 6.81. The molecule has 0 spiro atoms. The Labute approximate surface area is 134 Å². The molecule has 0 heterocycles. The van der Waals surface area contributed by atoms with Gasteiger partial charge in [0, 0.05) is 10.0 Å². The normalized spacial score (nSPS) is 11.0. The number of rotatable bonds is 2. The average molecular weight is 344 g/mol. The van der Waals surface area contributed by atoms with E-state index >= 15 is 0 Å². The van der Waals surface area contributed by atoms with E-state index in [4.69, 9.17) is 4.74 Å². The van der Waals surface area contributed by atoms with Crippen LogP contribution in [-0.4, -0.2) is 0 Å². The Morgan fingerprint density at radius 3 is 2.43 bits per heavy atom. The molecule has 0 aliphatic heterocycles. The number of nitrogens with zero attached hydrogens (tertiary/aromatic N) is 1. The lowest BCUT2D eigenvalue weighted by Gasteiger charge is -2.23. The molecule has 0 atom stereocenters. The first-order valence-corrected chi connectivity index (χ1v) is 7.60. The number of halogens is 1. The van der Waals surface area contributed by atoms with Gasteiger partial charge in [0.25, 0.3) is 0 Å². The van der Waals surface area contributed by atoms with Crippen molar-refractivity contribution in [3.05, 3.63) is 57.6 Å². The molecule has 3 heteroatoms. The van der Waals surface area contributed by atoms with Crippen LogP contribution in [0.3, 0.4) is 0 Å². The van der Waals surface area contributed by atoms with Crippen LogP contribution in [0.4, 0.5) is 0 Å². The second-order valence-electron chi connectivity index (χ2n) is 6.08. The molecule has 0 N–H and O–H groups in total. The van der Waals surface area contributed by atoms with Crippen LogP contribution in [0.5, 0.6) is 11.5 Å². The monoisotopic (exact) mass is 343 g/mol. The zero-order chi connectivity index (χ0) is 15.6. The van der Waals surface area contributed by atoms with Crippen molar-refractivity contribution in [3.63, 3.8) is 0 Å². The lowest BCUT2D eigenvalue weighted by molar-refractivity contribution is 0.453. The van der Waals surface area contributed by atoms with Crippen molar-refractivity contribution in [1.29, 1.82) is 5.26 Å². The van der Waals surface area contributed by atoms with Gasteiger partial charge >= 0.3 is 0 Å². The number of hydrogen-bond donors (Lipinski definition) is 0. The van der Waals surface area contributed by atoms with E-state index in [9.17, 15) is 5.26 Å². The van der Waals surface area contributed by atoms with Gasteiger partial charge in [0.2, 0.25) is 0 Å². The molecule has 2 nitrogen and oxygen atoms in total. The highest BCUT2D eigenvalue weighted by Crippen LogP contribution is 2.37. The van der Waals surface area contributed by atoms with Crippen LogP contribution < -0.4 is 4.74 Å². The average Bonchev–Trinajstić information content (AvgIpc) is 2.37. The minimum absolute atomic E-state index is 0.0259. The molecule has 2 aromatic rings. The fraction of sp³-hybridized carbons (Fsp3) is 0.278. The van der Waals surface area contributed by atoms with Crippen LogP contribution in [0.15, 0.2) is 40.9 Å². The second kappa shape index (κ2) is 5.91. The van der Waals surface area contributed by atoms with E-state index in [-0.39, 0.29) is 5.41 Å². The lowest BCUT2D eigenvalue weighted by Crippen LogP contribution is -2.12. The smallest absolute Gasteiger partial charge is 0.146 e. The molecule has 2 aromatic carbocycles. The molecule has 0 aliphatic rings. The first kappa shape index (κ1) is 15.6. The van der Waals surface area contributed by atoms with Gasteiger partial charge in [-0.2, -0.15) is 5.26 Å². The summed E-state index contributed by atoms with van der Waals surface area (Å²) >= 11 is 3.39. The van der Waals surface area contributed by atoms with Gasteiger partial charge in [-0.3, -0.25) is 0 Å². The maximum atomic E-state index is 9.30. The van der Waals surface area contributed by atoms with Crippen LogP contribution in [-0.2, 0) is 5.41 Å². The van der Waals surface area contributed by atoms with Gasteiger partial charge in [-0.05, 0) is 52.0 Å². The molecular weight excluding hydrogens is 326 g/mol. The summed E-state index contributed by atoms with van der Waals surface area (Å²) in [5.41, 5.74) is 2.74. The van der Waals surface area contributed by atoms with Gasteiger partial charge in [0.15, 0.2) is 0 Å². The molecular formula is C18H18BrNO. The van der Waals surface area contributed by atoms with Crippen molar-refractivity contribution in [2.75, 3.05) is 0 Å². The summed E-state index contributed by atoms with van der Waals surface area (Å²) in [6.45, 7) is 8.48. The number of hydrogen-bond acceptors (Lipinski definition) is 2. The molecule has 0 fully saturated rings. The topological polar surface area (TPSA) is 33.0 Å². The summed E-state index contributed by atoms with van der Waals surface area (Å²) in [6.07, 6.45) is 0. The third-order valence-corrected chi connectivity index (χ3v) is 3.91. The highest BCUT2D eigenvalue weighted by atomic mass is 79.9. The third kappa shape index (κ3) is 3.46. The summed E-state index contributed by atoms with van der Waals surface area (Å²) in [5.74, 6) is 1.38. The molecule has 108 valence electrons. The SMILES string of the molecule is Cc1ccc(C(C)(C)C)c(Oc2cccc(Br)c2C#N)c1. The van der Waals surface area contributed by atoms with Crippen molar-refractivity contribution in [2.45, 2.75) is 33.1 Å². The zero-order valence-electron chi connectivity index (χ0n) is 12.7. The molecule has 0 aliphatic carbocycles. The summed E-state index contributed by atoms with van der Waals surface area (Å²) in [6, 6.07) is 13.9. The first-order chi connectivity index (χ1) is 9.82. The minimum atomic E-state index is -0.0259. The van der Waals surface area contributed by atoms with Crippen molar-refractivity contribution in [3.8, 4) is 17.6 Å². The predicted octanol–water partition coefficient (Wildman–Crippen LogP) is 5.72. The fourth-order valence-electron chi connectivity index (χ4n) is 2.15. The number of nitriles is 1. The Kier molecular flexibility index (Phi) is 4.39. The molecule has 0 aromatic heterocycles. The molecule has 0 bridgehead atoms. The maximum absolute atomic E-state index is 9.30. The van der Waals surface area contributed by atoms with Crippen molar-refractivity contribution >= 4 is 15.9 Å². The molecule has 21 heavy (non-hydrogen) atoms. The molecule has 0 unspecified atom stereocenters. The quantitative estimate of drug-likeness (QED) is 0.698. The standard InChI is InChI=1S/C18H18BrNO/c1-12-8-9-14(18(2,3)4)17(10-12)21-16-7-5-6-15(19)13(16)11-20/h5-10H,1-4H3. The van der Waals surface area contributed by atoms with Gasteiger partial charge < -0.3 is 4.74 Å². The van der Waals surface area contributed by atoms with E-state index in [1.807, 2.05) is 31.2 Å². The predicted molar refractivity (Wildman–Crippen MR) is 88.8 cm³/mol. The zero-order valence-corrected chi connectivity index (χ0v) is 14.3. The maximum Gasteiger partial charge on any atom is 0.146 e. The second-order valence-corrected chi connectivity index (χ2v) is 6.93. The van der Waals surface area contributed by atoms with E-state index in [1.54, 1.807) is 0 Å². The van der Waals surface area contributed by atoms with E-state index in [2.05, 4.69) is 54.9 Å². The minimum Gasteiger partial charge on any atom is -0.456 e. The van der Waals surface area contributed by atoms with E-state index in [0.717, 1.165) is 21.3 Å². The van der Waals surface area contributed by atoms with Crippen LogP contribution in [0.2, 0.25) is 0 Å². The molecule has 0 saturated heterocycles. The van der Waals surface area contributed by atoms with Crippen LogP contribution in [0.1, 0.15) is 37.5 Å². The Balaban J connectivity index is 2.53. The largest absolute Gasteiger partial charge is 0.456 e. The summed E-state index contributed by atoms with van der Waals surface area (Å²) in [7, 11) is 0. The van der Waals surface area contributed by atoms with Crippen LogP contribution >= 0.6 is 15.9 Å². The Bertz CT molecular complexity index is 708. The van der Waals surface area contributed by atoms with E-state index in [1.165, 1.54) is 0 Å². The highest BCUT2D eigenvalue weighted by Gasteiger charge is 2.20. The lowest BCUT2D eigenvalue weighted by atomic mass is 9.86. The van der Waals surface area contributed by atoms with Gasteiger partial charge in [0.05, 0.1) is 0 Å². The van der Waals surface area contributed by atoms with Gasteiger partial charge in [-0.15, -0.1) is 0 Å². The number of benzene rings is 2. The Hall–Kier alpha value is -1.79. The van der Waals surface area contributed by atoms with Crippen LogP contribution in [0, 0.1) is 18.3 Å². The number of ether oxygens (including phenoxy) is 1. The first-order valence-electron chi connectivity index (χ1n) is 6.80. The van der Waals surface area contributed by atoms with Gasteiger partial charge in [0.1, 0.15) is 23.1 Å². The van der Waals surface area contributed by atoms with Gasteiger partial charge in [-0.25, -0.2) is 0 Å². The van der Waals surface area contributed by atoms with Crippen molar-refractivity contribution in [1.82, 2.24) is 0 Å². The summed E-state index contributed by atoms with van der Waals surface area (Å²) in [4.78, 5) is 0. The Morgan fingerprint density at radius 1 is 1.10 bits per heavy atom. The molecule has 0 saturated carbocycles. The van der Waals surface area contributed by atoms with Crippen molar-refractivity contribution in [2.24, 2.45) is 0 Å². The molecule has 0 amide bonds. The van der Waals surface area contributed by atoms with E-state index in [0.29, 0.717) is 11.3 Å². The number of aryl methyl sites for hydroxylation is 1. The van der Waals surface area contributed by atoms with Crippen molar-refractivity contribution < 1.29 is 4.74 Å². The van der Waals surface area contributed by atoms with Crippen LogP contribution in [0.25, 0.3) is 0 Å². The van der Waals surface area contributed by atoms with E-state index < -0.39 is 0 Å². The summed E-state index contributed by atoms with van der Waals surface area (Å²) in [5, 5.41) is 9.30. The molecule has 2 rings (SSSR count). The van der Waals surface area contributed by atoms with Gasteiger partial charge in [-0.1, -0.05) is 39.0 Å². The molecule has 0 radical (unpaired) electrons. The highest BCUT2D eigenvalue weighted by molar-refractivity contribution is 9.10. The fourth-order valence-corrected chi connectivity index (χ4v) is 2.59. The Morgan fingerprint density at radius 2 is 1.81 bits per heavy atom.